The SMILES string of the molecule is CCOC(=O)c1cc2c(C(C)=O)c3c(OC)ccnc3n2c(N[C@@H](C)c2ccccc2)n1. The highest BCUT2D eigenvalue weighted by molar-refractivity contribution is 6.15. The summed E-state index contributed by atoms with van der Waals surface area (Å²) in [6, 6.07) is 13.0. The van der Waals surface area contributed by atoms with Crippen molar-refractivity contribution in [3.05, 3.63) is 65.5 Å². The molecule has 0 aliphatic carbocycles. The number of rotatable bonds is 7. The molecule has 32 heavy (non-hydrogen) atoms. The van der Waals surface area contributed by atoms with Crippen LogP contribution < -0.4 is 10.1 Å². The summed E-state index contributed by atoms with van der Waals surface area (Å²) in [5, 5.41) is 3.94. The van der Waals surface area contributed by atoms with Crippen molar-refractivity contribution >= 4 is 34.3 Å². The van der Waals surface area contributed by atoms with Crippen LogP contribution in [0.3, 0.4) is 0 Å². The zero-order valence-corrected chi connectivity index (χ0v) is 18.4. The number of anilines is 1. The molecule has 8 heteroatoms. The van der Waals surface area contributed by atoms with Gasteiger partial charge in [0.2, 0.25) is 5.95 Å². The van der Waals surface area contributed by atoms with E-state index in [0.29, 0.717) is 33.8 Å². The second-order valence-electron chi connectivity index (χ2n) is 7.33. The van der Waals surface area contributed by atoms with E-state index in [1.54, 1.807) is 36.8 Å². The fourth-order valence-electron chi connectivity index (χ4n) is 3.82. The minimum Gasteiger partial charge on any atom is -0.496 e. The van der Waals surface area contributed by atoms with Gasteiger partial charge in [-0.1, -0.05) is 30.3 Å². The van der Waals surface area contributed by atoms with Crippen LogP contribution in [0.15, 0.2) is 48.7 Å². The zero-order valence-electron chi connectivity index (χ0n) is 18.4. The molecule has 0 aliphatic rings. The highest BCUT2D eigenvalue weighted by Gasteiger charge is 2.25. The van der Waals surface area contributed by atoms with Gasteiger partial charge in [-0.25, -0.2) is 14.8 Å². The number of hydrogen-bond acceptors (Lipinski definition) is 7. The first kappa shape index (κ1) is 21.3. The number of methoxy groups -OCH3 is 1. The number of ketones is 1. The standard InChI is InChI=1S/C24H24N4O4/c1-5-32-23(30)17-13-18-20(15(3)29)21-19(31-4)11-12-25-22(21)28(18)24(27-17)26-14(2)16-9-7-6-8-10-16/h6-14H,5H2,1-4H3,(H,26,27)/t14-/m0/s1. The molecule has 0 spiro atoms. The van der Waals surface area contributed by atoms with Gasteiger partial charge in [0, 0.05) is 6.20 Å². The largest absolute Gasteiger partial charge is 0.496 e. The summed E-state index contributed by atoms with van der Waals surface area (Å²) in [6.45, 7) is 5.41. The molecule has 0 amide bonds. The third-order valence-electron chi connectivity index (χ3n) is 5.26. The summed E-state index contributed by atoms with van der Waals surface area (Å²) >= 11 is 0. The topological polar surface area (TPSA) is 94.8 Å². The Hall–Kier alpha value is -3.94. The van der Waals surface area contributed by atoms with E-state index in [2.05, 4.69) is 15.3 Å². The average Bonchev–Trinajstić information content (AvgIpc) is 3.14. The summed E-state index contributed by atoms with van der Waals surface area (Å²) in [5.41, 5.74) is 2.57. The Labute approximate surface area is 185 Å². The van der Waals surface area contributed by atoms with E-state index in [1.807, 2.05) is 37.3 Å². The van der Waals surface area contributed by atoms with Gasteiger partial charge in [0.05, 0.1) is 36.2 Å². The number of nitrogens with zero attached hydrogens (tertiary/aromatic N) is 3. The van der Waals surface area contributed by atoms with Gasteiger partial charge in [0.15, 0.2) is 17.1 Å². The maximum absolute atomic E-state index is 12.7. The maximum Gasteiger partial charge on any atom is 0.357 e. The molecule has 1 aromatic carbocycles. The van der Waals surface area contributed by atoms with Crippen LogP contribution in [-0.2, 0) is 4.74 Å². The highest BCUT2D eigenvalue weighted by Crippen LogP contribution is 2.35. The summed E-state index contributed by atoms with van der Waals surface area (Å²) in [6.07, 6.45) is 1.61. The molecule has 1 N–H and O–H groups in total. The minimum atomic E-state index is -0.565. The fourth-order valence-corrected chi connectivity index (χ4v) is 3.82. The van der Waals surface area contributed by atoms with Gasteiger partial charge in [-0.3, -0.25) is 9.20 Å². The van der Waals surface area contributed by atoms with Crippen molar-refractivity contribution < 1.29 is 19.1 Å². The number of esters is 1. The van der Waals surface area contributed by atoms with Gasteiger partial charge < -0.3 is 14.8 Å². The Morgan fingerprint density at radius 3 is 2.59 bits per heavy atom. The van der Waals surface area contributed by atoms with Crippen LogP contribution in [0.1, 0.15) is 53.2 Å². The first-order valence-electron chi connectivity index (χ1n) is 10.3. The van der Waals surface area contributed by atoms with E-state index in [1.165, 1.54) is 6.92 Å². The predicted octanol–water partition coefficient (Wildman–Crippen LogP) is 4.44. The number of Topliss-reactive ketones (excluding diaryl/α,β-unsaturated/α-hetero) is 1. The van der Waals surface area contributed by atoms with Gasteiger partial charge in [-0.2, -0.15) is 0 Å². The van der Waals surface area contributed by atoms with E-state index in [-0.39, 0.29) is 24.1 Å². The molecular formula is C24H24N4O4. The molecule has 164 valence electrons. The molecule has 4 aromatic rings. The lowest BCUT2D eigenvalue weighted by Gasteiger charge is -2.17. The highest BCUT2D eigenvalue weighted by atomic mass is 16.5. The monoisotopic (exact) mass is 432 g/mol. The number of carbonyl (C=O) groups is 2. The van der Waals surface area contributed by atoms with Crippen LogP contribution in [0.4, 0.5) is 5.95 Å². The Morgan fingerprint density at radius 1 is 1.19 bits per heavy atom. The van der Waals surface area contributed by atoms with Crippen LogP contribution in [0, 0.1) is 0 Å². The molecule has 0 saturated heterocycles. The lowest BCUT2D eigenvalue weighted by Crippen LogP contribution is -2.15. The summed E-state index contributed by atoms with van der Waals surface area (Å²) < 4.78 is 12.4. The first-order chi connectivity index (χ1) is 15.5. The lowest BCUT2D eigenvalue weighted by molar-refractivity contribution is 0.0519. The lowest BCUT2D eigenvalue weighted by atomic mass is 10.1. The molecule has 1 atom stereocenters. The van der Waals surface area contributed by atoms with E-state index >= 15 is 0 Å². The molecule has 3 heterocycles. The number of aromatic nitrogens is 3. The Balaban J connectivity index is 2.03. The smallest absolute Gasteiger partial charge is 0.357 e. The second-order valence-corrected chi connectivity index (χ2v) is 7.33. The summed E-state index contributed by atoms with van der Waals surface area (Å²) in [7, 11) is 1.54. The average molecular weight is 432 g/mol. The molecule has 0 saturated carbocycles. The zero-order chi connectivity index (χ0) is 22.8. The number of fused-ring (bicyclic) bond motifs is 3. The summed E-state index contributed by atoms with van der Waals surface area (Å²) in [5.74, 6) is 0.153. The van der Waals surface area contributed by atoms with E-state index < -0.39 is 5.97 Å². The van der Waals surface area contributed by atoms with Gasteiger partial charge >= 0.3 is 5.97 Å². The second kappa shape index (κ2) is 8.66. The molecule has 3 aromatic heterocycles. The van der Waals surface area contributed by atoms with Crippen LogP contribution in [0.5, 0.6) is 5.75 Å². The van der Waals surface area contributed by atoms with Crippen molar-refractivity contribution in [2.75, 3.05) is 19.0 Å². The molecule has 0 aliphatic heterocycles. The van der Waals surface area contributed by atoms with Crippen molar-refractivity contribution in [3.8, 4) is 5.75 Å². The van der Waals surface area contributed by atoms with Crippen molar-refractivity contribution in [1.82, 2.24) is 14.4 Å². The van der Waals surface area contributed by atoms with Crippen molar-refractivity contribution in [1.29, 1.82) is 0 Å². The molecule has 0 bridgehead atoms. The molecule has 0 radical (unpaired) electrons. The normalized spacial score (nSPS) is 12.0. The van der Waals surface area contributed by atoms with Crippen LogP contribution in [-0.4, -0.2) is 39.8 Å². The third-order valence-corrected chi connectivity index (χ3v) is 5.26. The number of nitrogens with one attached hydrogen (secondary N) is 1. The maximum atomic E-state index is 12.7. The number of ether oxygens (including phenoxy) is 2. The van der Waals surface area contributed by atoms with Crippen molar-refractivity contribution in [2.45, 2.75) is 26.8 Å². The first-order valence-corrected chi connectivity index (χ1v) is 10.3. The summed E-state index contributed by atoms with van der Waals surface area (Å²) in [4.78, 5) is 34.3. The van der Waals surface area contributed by atoms with E-state index in [4.69, 9.17) is 9.47 Å². The van der Waals surface area contributed by atoms with Crippen molar-refractivity contribution in [2.24, 2.45) is 0 Å². The van der Waals surface area contributed by atoms with Gasteiger partial charge in [-0.05, 0) is 38.5 Å². The van der Waals surface area contributed by atoms with Crippen LogP contribution in [0.25, 0.3) is 16.6 Å². The van der Waals surface area contributed by atoms with Crippen LogP contribution >= 0.6 is 0 Å². The quantitative estimate of drug-likeness (QED) is 0.341. The Morgan fingerprint density at radius 2 is 1.94 bits per heavy atom. The van der Waals surface area contributed by atoms with Gasteiger partial charge in [0.1, 0.15) is 5.75 Å². The number of pyridine rings is 1. The molecule has 0 fully saturated rings. The minimum absolute atomic E-state index is 0.103. The molecule has 0 unspecified atom stereocenters. The Bertz CT molecular complexity index is 1310. The van der Waals surface area contributed by atoms with Crippen LogP contribution in [0.2, 0.25) is 0 Å². The number of carbonyl (C=O) groups excluding carboxylic acids is 2. The van der Waals surface area contributed by atoms with E-state index in [9.17, 15) is 9.59 Å². The molecular weight excluding hydrogens is 408 g/mol. The number of benzene rings is 1. The predicted molar refractivity (Wildman–Crippen MR) is 121 cm³/mol. The third kappa shape index (κ3) is 3.64. The fraction of sp³-hybridized carbons (Fsp3) is 0.250. The van der Waals surface area contributed by atoms with Gasteiger partial charge in [-0.15, -0.1) is 0 Å². The van der Waals surface area contributed by atoms with E-state index in [0.717, 1.165) is 5.56 Å². The van der Waals surface area contributed by atoms with Crippen molar-refractivity contribution in [3.63, 3.8) is 0 Å². The number of hydrogen-bond donors (Lipinski definition) is 1. The molecule has 4 rings (SSSR count). The van der Waals surface area contributed by atoms with Gasteiger partial charge in [0.25, 0.3) is 0 Å². The Kier molecular flexibility index (Phi) is 5.77. The molecule has 8 nitrogen and oxygen atoms in total.